The van der Waals surface area contributed by atoms with Gasteiger partial charge < -0.3 is 25.3 Å². The number of sulfonamides is 1. The average molecular weight is 503 g/mol. The molecule has 2 atom stereocenters. The Balaban J connectivity index is 1.85. The maximum atomic E-state index is 12.7. The Hall–Kier alpha value is -1.53. The van der Waals surface area contributed by atoms with Crippen molar-refractivity contribution in [2.45, 2.75) is 71.6 Å². The van der Waals surface area contributed by atoms with Gasteiger partial charge in [-0.2, -0.15) is 0 Å². The number of nitrogens with one attached hydrogen (secondary N) is 3. The highest BCUT2D eigenvalue weighted by molar-refractivity contribution is 7.88. The zero-order valence-electron chi connectivity index (χ0n) is 21.1. The molecule has 2 aliphatic rings. The van der Waals surface area contributed by atoms with Crippen LogP contribution in [0.4, 0.5) is 0 Å². The first kappa shape index (κ1) is 28.7. The van der Waals surface area contributed by atoms with Gasteiger partial charge in [0.05, 0.1) is 18.4 Å². The van der Waals surface area contributed by atoms with Crippen molar-refractivity contribution in [2.75, 3.05) is 39.1 Å². The van der Waals surface area contributed by atoms with Crippen LogP contribution in [0, 0.1) is 16.7 Å². The summed E-state index contributed by atoms with van der Waals surface area (Å²) in [6.07, 6.45) is 6.74. The molecule has 0 saturated carbocycles. The predicted octanol–water partition coefficient (Wildman–Crippen LogP) is 2.13. The number of hydrogen-bond acceptors (Lipinski definition) is 8. The van der Waals surface area contributed by atoms with Gasteiger partial charge in [-0.1, -0.05) is 13.8 Å². The zero-order chi connectivity index (χ0) is 25.6. The molecule has 0 aromatic heterocycles. The van der Waals surface area contributed by atoms with Gasteiger partial charge in [0, 0.05) is 43.4 Å². The lowest BCUT2D eigenvalue weighted by Gasteiger charge is -2.33. The van der Waals surface area contributed by atoms with Crippen LogP contribution in [0.2, 0.25) is 0 Å². The number of aliphatic hydroxyl groups excluding tert-OH is 1. The minimum atomic E-state index is -3.23. The van der Waals surface area contributed by atoms with E-state index in [0.717, 1.165) is 32.1 Å². The standard InChI is InChI=1S/C23H42N4O6S/c1-22(2,16-33-20-10-6-7-12-32-20)18(24)13-19(28)26-21(29)23(3,4)25-14-17-9-8-11-27(15-17)34(5,30)31/h13,17,20,24-25,28H,6-12,14-16H2,1-5H3,(H,26,29)/b19-13-,24-18?/t17-,20?/m1/s1. The van der Waals surface area contributed by atoms with Crippen LogP contribution >= 0.6 is 0 Å². The lowest BCUT2D eigenvalue weighted by molar-refractivity contribution is -0.171. The van der Waals surface area contributed by atoms with E-state index in [1.165, 1.54) is 16.6 Å². The average Bonchev–Trinajstić information content (AvgIpc) is 2.76. The smallest absolute Gasteiger partial charge is 0.246 e. The molecule has 2 fully saturated rings. The minimum Gasteiger partial charge on any atom is -0.494 e. The summed E-state index contributed by atoms with van der Waals surface area (Å²) in [6, 6.07) is 0. The number of amides is 1. The Morgan fingerprint density at radius 3 is 2.56 bits per heavy atom. The number of ether oxygens (including phenoxy) is 2. The van der Waals surface area contributed by atoms with E-state index in [4.69, 9.17) is 14.9 Å². The molecular weight excluding hydrogens is 460 g/mol. The second kappa shape index (κ2) is 11.9. The number of piperidine rings is 1. The fourth-order valence-corrected chi connectivity index (χ4v) is 4.78. The second-order valence-electron chi connectivity index (χ2n) is 10.5. The summed E-state index contributed by atoms with van der Waals surface area (Å²) in [5.74, 6) is -0.760. The van der Waals surface area contributed by atoms with E-state index in [0.29, 0.717) is 26.2 Å². The number of hydrogen-bond donors (Lipinski definition) is 4. The van der Waals surface area contributed by atoms with Gasteiger partial charge >= 0.3 is 0 Å². The van der Waals surface area contributed by atoms with E-state index in [1.54, 1.807) is 13.8 Å². The van der Waals surface area contributed by atoms with Crippen molar-refractivity contribution in [1.82, 2.24) is 14.9 Å². The third-order valence-corrected chi connectivity index (χ3v) is 7.64. The maximum Gasteiger partial charge on any atom is 0.246 e. The van der Waals surface area contributed by atoms with Crippen molar-refractivity contribution in [3.63, 3.8) is 0 Å². The summed E-state index contributed by atoms with van der Waals surface area (Å²) in [5.41, 5.74) is -1.57. The summed E-state index contributed by atoms with van der Waals surface area (Å²) in [5, 5.41) is 24.3. The summed E-state index contributed by atoms with van der Waals surface area (Å²) < 4.78 is 36.5. The molecule has 0 aromatic rings. The van der Waals surface area contributed by atoms with Gasteiger partial charge in [0.1, 0.15) is 0 Å². The molecule has 10 nitrogen and oxygen atoms in total. The van der Waals surface area contributed by atoms with Crippen molar-refractivity contribution in [1.29, 1.82) is 5.41 Å². The lowest BCUT2D eigenvalue weighted by Crippen LogP contribution is -2.54. The molecule has 0 aromatic carbocycles. The molecule has 0 radical (unpaired) electrons. The Morgan fingerprint density at radius 2 is 1.94 bits per heavy atom. The van der Waals surface area contributed by atoms with Gasteiger partial charge in [0.15, 0.2) is 12.2 Å². The summed E-state index contributed by atoms with van der Waals surface area (Å²) >= 11 is 0. The Kier molecular flexibility index (Phi) is 10.1. The molecule has 2 rings (SSSR count). The highest BCUT2D eigenvalue weighted by atomic mass is 32.2. The van der Waals surface area contributed by atoms with Crippen LogP contribution < -0.4 is 10.6 Å². The van der Waals surface area contributed by atoms with Gasteiger partial charge in [0.25, 0.3) is 0 Å². The van der Waals surface area contributed by atoms with Crippen molar-refractivity contribution in [2.24, 2.45) is 11.3 Å². The minimum absolute atomic E-state index is 0.0989. The van der Waals surface area contributed by atoms with Crippen molar-refractivity contribution >= 4 is 21.6 Å². The van der Waals surface area contributed by atoms with Crippen LogP contribution in [-0.4, -0.2) is 80.4 Å². The SMILES string of the molecule is CC(C)(COC1CCCCO1)C(=N)/C=C(\O)NC(=O)C(C)(C)NC[C@H]1CCCN(S(C)(=O)=O)C1. The molecule has 2 heterocycles. The van der Waals surface area contributed by atoms with Gasteiger partial charge in [-0.15, -0.1) is 0 Å². The van der Waals surface area contributed by atoms with Gasteiger partial charge in [-0.05, 0) is 51.9 Å². The highest BCUT2D eigenvalue weighted by Gasteiger charge is 2.32. The first-order chi connectivity index (χ1) is 15.7. The molecule has 2 saturated heterocycles. The Morgan fingerprint density at radius 1 is 1.24 bits per heavy atom. The molecule has 0 aliphatic carbocycles. The summed E-state index contributed by atoms with van der Waals surface area (Å²) in [4.78, 5) is 12.7. The lowest BCUT2D eigenvalue weighted by atomic mass is 9.88. The Labute approximate surface area is 204 Å². The second-order valence-corrected chi connectivity index (χ2v) is 12.5. The summed E-state index contributed by atoms with van der Waals surface area (Å²) in [6.45, 7) is 9.41. The first-order valence-corrected chi connectivity index (χ1v) is 13.8. The van der Waals surface area contributed by atoms with Crippen LogP contribution in [0.15, 0.2) is 12.0 Å². The summed E-state index contributed by atoms with van der Waals surface area (Å²) in [7, 11) is -3.23. The molecule has 1 amide bonds. The van der Waals surface area contributed by atoms with E-state index in [9.17, 15) is 18.3 Å². The topological polar surface area (TPSA) is 141 Å². The van der Waals surface area contributed by atoms with Crippen molar-refractivity contribution in [3.8, 4) is 0 Å². The largest absolute Gasteiger partial charge is 0.494 e. The van der Waals surface area contributed by atoms with E-state index in [1.807, 2.05) is 13.8 Å². The van der Waals surface area contributed by atoms with Crippen LogP contribution in [0.3, 0.4) is 0 Å². The number of carbonyl (C=O) groups excluding carboxylic acids is 1. The number of allylic oxidation sites excluding steroid dienone is 1. The normalized spacial score (nSPS) is 23.5. The molecule has 4 N–H and O–H groups in total. The third kappa shape index (κ3) is 8.92. The predicted molar refractivity (Wildman–Crippen MR) is 131 cm³/mol. The van der Waals surface area contributed by atoms with E-state index < -0.39 is 32.8 Å². The molecule has 0 spiro atoms. The van der Waals surface area contributed by atoms with Gasteiger partial charge in [-0.3, -0.25) is 10.1 Å². The van der Waals surface area contributed by atoms with Crippen molar-refractivity contribution < 1.29 is 27.8 Å². The molecule has 1 unspecified atom stereocenters. The van der Waals surface area contributed by atoms with Gasteiger partial charge in [0.2, 0.25) is 15.9 Å². The van der Waals surface area contributed by atoms with Gasteiger partial charge in [-0.25, -0.2) is 12.7 Å². The number of nitrogens with zero attached hydrogens (tertiary/aromatic N) is 1. The van der Waals surface area contributed by atoms with Crippen LogP contribution in [0.25, 0.3) is 0 Å². The van der Waals surface area contributed by atoms with E-state index in [-0.39, 0.29) is 24.5 Å². The quantitative estimate of drug-likeness (QED) is 0.250. The van der Waals surface area contributed by atoms with Crippen LogP contribution in [0.1, 0.15) is 59.8 Å². The van der Waals surface area contributed by atoms with Crippen molar-refractivity contribution in [3.05, 3.63) is 12.0 Å². The van der Waals surface area contributed by atoms with Crippen LogP contribution in [0.5, 0.6) is 0 Å². The molecular formula is C23H42N4O6S. The fourth-order valence-electron chi connectivity index (χ4n) is 3.84. The van der Waals surface area contributed by atoms with E-state index in [2.05, 4.69) is 10.6 Å². The number of aliphatic hydroxyl groups is 1. The number of carbonyl (C=O) groups is 1. The van der Waals surface area contributed by atoms with Crippen LogP contribution in [-0.2, 0) is 24.3 Å². The highest BCUT2D eigenvalue weighted by Crippen LogP contribution is 2.23. The fraction of sp³-hybridized carbons (Fsp3) is 0.826. The first-order valence-electron chi connectivity index (χ1n) is 12.0. The third-order valence-electron chi connectivity index (χ3n) is 6.37. The Bertz CT molecular complexity index is 850. The monoisotopic (exact) mass is 502 g/mol. The zero-order valence-corrected chi connectivity index (χ0v) is 22.0. The molecule has 2 aliphatic heterocycles. The molecule has 0 bridgehead atoms. The maximum absolute atomic E-state index is 12.7. The number of rotatable bonds is 11. The molecule has 196 valence electrons. The molecule has 11 heteroatoms. The van der Waals surface area contributed by atoms with E-state index >= 15 is 0 Å². The molecule has 34 heavy (non-hydrogen) atoms.